The van der Waals surface area contributed by atoms with Gasteiger partial charge in [0.25, 0.3) is 0 Å². The first-order valence-corrected chi connectivity index (χ1v) is 5.38. The molecule has 0 unspecified atom stereocenters. The van der Waals surface area contributed by atoms with Crippen molar-refractivity contribution >= 4 is 0 Å². The van der Waals surface area contributed by atoms with Crippen LogP contribution in [0.25, 0.3) is 0 Å². The first-order valence-electron chi connectivity index (χ1n) is 5.38. The van der Waals surface area contributed by atoms with Crippen molar-refractivity contribution in [3.8, 4) is 0 Å². The minimum absolute atomic E-state index is 0. The van der Waals surface area contributed by atoms with Crippen molar-refractivity contribution in [2.45, 2.75) is 28.1 Å². The van der Waals surface area contributed by atoms with E-state index in [1.807, 2.05) is 24.3 Å². The molecule has 2 aromatic rings. The molecule has 0 aliphatic rings. The molecule has 104 valence electrons. The minimum atomic E-state index is 0. The van der Waals surface area contributed by atoms with Crippen LogP contribution in [0.5, 0.6) is 0 Å². The van der Waals surface area contributed by atoms with Crippen LogP contribution in [-0.4, -0.2) is 16.8 Å². The molecule has 0 aromatic carbocycles. The number of aromatic nitrogens is 2. The summed E-state index contributed by atoms with van der Waals surface area (Å²) >= 11 is 0. The summed E-state index contributed by atoms with van der Waals surface area (Å²) in [5.41, 5.74) is 2.08. The van der Waals surface area contributed by atoms with Crippen LogP contribution in [0.1, 0.15) is 26.0 Å². The van der Waals surface area contributed by atoms with Crippen LogP contribution in [0.3, 0.4) is 0 Å². The first-order chi connectivity index (χ1) is 8.45. The summed E-state index contributed by atoms with van der Waals surface area (Å²) in [6, 6.07) is 7.70. The van der Waals surface area contributed by atoms with E-state index in [0.29, 0.717) is 13.2 Å². The number of ether oxygens (including phenoxy) is 2. The van der Waals surface area contributed by atoms with E-state index in [1.54, 1.807) is 24.8 Å². The van der Waals surface area contributed by atoms with E-state index < -0.39 is 0 Å². The molecule has 0 atom stereocenters. The van der Waals surface area contributed by atoms with Gasteiger partial charge in [0.1, 0.15) is 6.79 Å². The molecular weight excluding hydrogens is 240 g/mol. The van der Waals surface area contributed by atoms with Gasteiger partial charge in [-0.15, -0.1) is 0 Å². The van der Waals surface area contributed by atoms with Crippen LogP contribution in [0.15, 0.2) is 49.1 Å². The van der Waals surface area contributed by atoms with Crippen molar-refractivity contribution in [2.24, 2.45) is 0 Å². The maximum absolute atomic E-state index is 5.36. The maximum Gasteiger partial charge on any atom is 0.147 e. The Balaban J connectivity index is 0.00000162. The summed E-state index contributed by atoms with van der Waals surface area (Å²) in [5, 5.41) is 0. The molecule has 2 aromatic heterocycles. The molecule has 0 spiro atoms. The van der Waals surface area contributed by atoms with Crippen LogP contribution in [0.4, 0.5) is 0 Å². The second-order valence-electron chi connectivity index (χ2n) is 3.54. The SMILES string of the molecule is C.C.c1cncc(COCOCc2cccnc2)c1. The molecule has 0 saturated carbocycles. The van der Waals surface area contributed by atoms with Crippen molar-refractivity contribution in [3.05, 3.63) is 60.2 Å². The van der Waals surface area contributed by atoms with Crippen LogP contribution in [-0.2, 0) is 22.7 Å². The smallest absolute Gasteiger partial charge is 0.147 e. The largest absolute Gasteiger partial charge is 0.351 e. The molecule has 0 amide bonds. The van der Waals surface area contributed by atoms with Gasteiger partial charge >= 0.3 is 0 Å². The molecule has 4 nitrogen and oxygen atoms in total. The van der Waals surface area contributed by atoms with E-state index in [-0.39, 0.29) is 21.6 Å². The molecule has 19 heavy (non-hydrogen) atoms. The molecule has 0 radical (unpaired) electrons. The van der Waals surface area contributed by atoms with Crippen LogP contribution >= 0.6 is 0 Å². The lowest BCUT2D eigenvalue weighted by atomic mass is 10.3. The quantitative estimate of drug-likeness (QED) is 0.591. The molecule has 0 bridgehead atoms. The summed E-state index contributed by atoms with van der Waals surface area (Å²) in [6.07, 6.45) is 7.03. The second kappa shape index (κ2) is 10.2. The third-order valence-electron chi connectivity index (χ3n) is 2.15. The van der Waals surface area contributed by atoms with E-state index in [0.717, 1.165) is 11.1 Å². The highest BCUT2D eigenvalue weighted by Gasteiger charge is 1.94. The van der Waals surface area contributed by atoms with Crippen molar-refractivity contribution in [1.29, 1.82) is 0 Å². The summed E-state index contributed by atoms with van der Waals surface area (Å²) in [6.45, 7) is 1.30. The standard InChI is InChI=1S/C13H14N2O2.2CH4/c1-3-12(7-14-5-1)9-16-11-17-10-13-4-2-6-15-8-13;;/h1-8H,9-11H2;2*1H4. The fourth-order valence-electron chi connectivity index (χ4n) is 1.34. The van der Waals surface area contributed by atoms with Crippen molar-refractivity contribution < 1.29 is 9.47 Å². The Bertz CT molecular complexity index is 379. The summed E-state index contributed by atoms with van der Waals surface area (Å²) in [7, 11) is 0. The third-order valence-corrected chi connectivity index (χ3v) is 2.15. The van der Waals surface area contributed by atoms with E-state index in [2.05, 4.69) is 9.97 Å². The minimum Gasteiger partial charge on any atom is -0.351 e. The Morgan fingerprint density at radius 2 is 1.26 bits per heavy atom. The number of nitrogens with zero attached hydrogens (tertiary/aromatic N) is 2. The Hall–Kier alpha value is -1.78. The van der Waals surface area contributed by atoms with Gasteiger partial charge in [-0.05, 0) is 23.3 Å². The van der Waals surface area contributed by atoms with Gasteiger partial charge in [0.05, 0.1) is 13.2 Å². The lowest BCUT2D eigenvalue weighted by Gasteiger charge is -2.05. The lowest BCUT2D eigenvalue weighted by molar-refractivity contribution is -0.0690. The van der Waals surface area contributed by atoms with Gasteiger partial charge in [0, 0.05) is 24.8 Å². The van der Waals surface area contributed by atoms with Crippen LogP contribution in [0, 0.1) is 0 Å². The lowest BCUT2D eigenvalue weighted by Crippen LogP contribution is -2.01. The Morgan fingerprint density at radius 3 is 1.63 bits per heavy atom. The Labute approximate surface area is 115 Å². The molecule has 0 aliphatic carbocycles. The highest BCUT2D eigenvalue weighted by atomic mass is 16.7. The molecule has 2 heterocycles. The zero-order chi connectivity index (χ0) is 11.8. The number of hydrogen-bond acceptors (Lipinski definition) is 4. The predicted molar refractivity (Wildman–Crippen MR) is 76.4 cm³/mol. The highest BCUT2D eigenvalue weighted by Crippen LogP contribution is 2.00. The van der Waals surface area contributed by atoms with Gasteiger partial charge in [-0.25, -0.2) is 0 Å². The summed E-state index contributed by atoms with van der Waals surface area (Å²) < 4.78 is 10.7. The van der Waals surface area contributed by atoms with E-state index in [4.69, 9.17) is 9.47 Å². The average molecular weight is 262 g/mol. The van der Waals surface area contributed by atoms with Gasteiger partial charge in [0.2, 0.25) is 0 Å². The average Bonchev–Trinajstić information content (AvgIpc) is 2.41. The maximum atomic E-state index is 5.36. The van der Waals surface area contributed by atoms with Gasteiger partial charge in [0.15, 0.2) is 0 Å². The molecule has 0 fully saturated rings. The van der Waals surface area contributed by atoms with Crippen molar-refractivity contribution in [2.75, 3.05) is 6.79 Å². The molecule has 0 aliphatic heterocycles. The van der Waals surface area contributed by atoms with Crippen LogP contribution in [0.2, 0.25) is 0 Å². The van der Waals surface area contributed by atoms with Crippen molar-refractivity contribution in [3.63, 3.8) is 0 Å². The third kappa shape index (κ3) is 6.64. The summed E-state index contributed by atoms with van der Waals surface area (Å²) in [5.74, 6) is 0. The highest BCUT2D eigenvalue weighted by molar-refractivity contribution is 5.07. The normalized spacial score (nSPS) is 9.26. The number of pyridine rings is 2. The Morgan fingerprint density at radius 1 is 0.789 bits per heavy atom. The first kappa shape index (κ1) is 17.2. The zero-order valence-corrected chi connectivity index (χ0v) is 9.45. The van der Waals surface area contributed by atoms with Gasteiger partial charge in [-0.2, -0.15) is 0 Å². The molecule has 0 N–H and O–H groups in total. The fourth-order valence-corrected chi connectivity index (χ4v) is 1.34. The summed E-state index contributed by atoms with van der Waals surface area (Å²) in [4.78, 5) is 8.00. The number of hydrogen-bond donors (Lipinski definition) is 0. The molecule has 2 rings (SSSR count). The van der Waals surface area contributed by atoms with Gasteiger partial charge in [-0.3, -0.25) is 9.97 Å². The van der Waals surface area contributed by atoms with Gasteiger partial charge < -0.3 is 9.47 Å². The molecule has 4 heteroatoms. The molecular formula is C15H22N2O2. The predicted octanol–water partition coefficient (Wildman–Crippen LogP) is 3.44. The van der Waals surface area contributed by atoms with E-state index in [9.17, 15) is 0 Å². The monoisotopic (exact) mass is 262 g/mol. The van der Waals surface area contributed by atoms with Crippen molar-refractivity contribution in [1.82, 2.24) is 9.97 Å². The van der Waals surface area contributed by atoms with Gasteiger partial charge in [-0.1, -0.05) is 27.0 Å². The zero-order valence-electron chi connectivity index (χ0n) is 9.45. The second-order valence-corrected chi connectivity index (χ2v) is 3.54. The molecule has 0 saturated heterocycles. The number of rotatable bonds is 6. The van der Waals surface area contributed by atoms with Crippen LogP contribution < -0.4 is 0 Å². The Kier molecular flexibility index (Phi) is 9.22. The van der Waals surface area contributed by atoms with E-state index >= 15 is 0 Å². The topological polar surface area (TPSA) is 44.2 Å². The fraction of sp³-hybridized carbons (Fsp3) is 0.333. The van der Waals surface area contributed by atoms with E-state index in [1.165, 1.54) is 0 Å².